The summed E-state index contributed by atoms with van der Waals surface area (Å²) in [6, 6.07) is 7.78. The van der Waals surface area contributed by atoms with E-state index in [0.717, 1.165) is 0 Å². The average molecular weight is 243 g/mol. The van der Waals surface area contributed by atoms with Gasteiger partial charge in [-0.1, -0.05) is 18.2 Å². The smallest absolute Gasteiger partial charge is 0.337 e. The van der Waals surface area contributed by atoms with Gasteiger partial charge >= 0.3 is 11.9 Å². The number of benzene rings is 1. The van der Waals surface area contributed by atoms with Crippen LogP contribution in [0.15, 0.2) is 42.7 Å². The number of aromatic carboxylic acids is 2. The molecule has 5 nitrogen and oxygen atoms in total. The topological polar surface area (TPSA) is 87.5 Å². The van der Waals surface area contributed by atoms with Crippen LogP contribution in [0.1, 0.15) is 20.7 Å². The molecule has 0 unspecified atom stereocenters. The van der Waals surface area contributed by atoms with Crippen molar-refractivity contribution in [3.8, 4) is 11.1 Å². The fraction of sp³-hybridized carbons (Fsp3) is 0. The SMILES string of the molecule is O=C(O)c1cncc(-c2ccccc2C(=O)O)c1. The molecule has 2 aromatic rings. The van der Waals surface area contributed by atoms with Gasteiger partial charge in [-0.3, -0.25) is 4.98 Å². The summed E-state index contributed by atoms with van der Waals surface area (Å²) in [5.41, 5.74) is 1.04. The van der Waals surface area contributed by atoms with Crippen molar-refractivity contribution in [1.29, 1.82) is 0 Å². The molecule has 2 rings (SSSR count). The molecule has 2 N–H and O–H groups in total. The molecule has 0 atom stereocenters. The second-order valence-electron chi connectivity index (χ2n) is 3.62. The summed E-state index contributed by atoms with van der Waals surface area (Å²) < 4.78 is 0. The Balaban J connectivity index is 2.58. The molecule has 1 heterocycles. The number of carboxylic acids is 2. The number of hydrogen-bond acceptors (Lipinski definition) is 3. The number of carbonyl (C=O) groups is 2. The van der Waals surface area contributed by atoms with Gasteiger partial charge in [-0.05, 0) is 17.7 Å². The zero-order valence-electron chi connectivity index (χ0n) is 9.20. The van der Waals surface area contributed by atoms with Crippen LogP contribution in [0.5, 0.6) is 0 Å². The molecular formula is C13H9NO4. The molecule has 0 bridgehead atoms. The molecule has 0 aliphatic rings. The summed E-state index contributed by atoms with van der Waals surface area (Å²) in [5.74, 6) is -2.16. The number of pyridine rings is 1. The van der Waals surface area contributed by atoms with Crippen molar-refractivity contribution in [1.82, 2.24) is 4.98 Å². The number of nitrogens with zero attached hydrogens (tertiary/aromatic N) is 1. The van der Waals surface area contributed by atoms with E-state index in [2.05, 4.69) is 4.98 Å². The summed E-state index contributed by atoms with van der Waals surface area (Å²) in [4.78, 5) is 25.7. The van der Waals surface area contributed by atoms with Gasteiger partial charge in [0.15, 0.2) is 0 Å². The Bertz CT molecular complexity index is 622. The van der Waals surface area contributed by atoms with E-state index in [1.54, 1.807) is 18.2 Å². The van der Waals surface area contributed by atoms with Crippen molar-refractivity contribution >= 4 is 11.9 Å². The molecule has 18 heavy (non-hydrogen) atoms. The average Bonchev–Trinajstić information content (AvgIpc) is 2.39. The zero-order chi connectivity index (χ0) is 13.1. The molecule has 1 aromatic carbocycles. The first kappa shape index (κ1) is 11.8. The Labute approximate surface area is 102 Å². The maximum absolute atomic E-state index is 11.1. The van der Waals surface area contributed by atoms with Gasteiger partial charge in [-0.25, -0.2) is 9.59 Å². The normalized spacial score (nSPS) is 10.0. The molecule has 0 aliphatic heterocycles. The minimum atomic E-state index is -1.10. The van der Waals surface area contributed by atoms with Crippen LogP contribution >= 0.6 is 0 Å². The van der Waals surface area contributed by atoms with Crippen molar-refractivity contribution in [3.05, 3.63) is 53.9 Å². The first-order valence-electron chi connectivity index (χ1n) is 5.10. The van der Waals surface area contributed by atoms with E-state index in [-0.39, 0.29) is 11.1 Å². The molecule has 0 saturated heterocycles. The highest BCUT2D eigenvalue weighted by atomic mass is 16.4. The minimum absolute atomic E-state index is 0.0210. The largest absolute Gasteiger partial charge is 0.478 e. The molecule has 0 amide bonds. The standard InChI is InChI=1S/C13H9NO4/c15-12(16)9-5-8(6-14-7-9)10-3-1-2-4-11(10)13(17)18/h1-7H,(H,15,16)(H,17,18). The molecule has 0 radical (unpaired) electrons. The molecule has 0 spiro atoms. The molecule has 90 valence electrons. The van der Waals surface area contributed by atoms with Crippen molar-refractivity contribution in [2.75, 3.05) is 0 Å². The van der Waals surface area contributed by atoms with E-state index in [9.17, 15) is 9.59 Å². The van der Waals surface area contributed by atoms with Crippen molar-refractivity contribution < 1.29 is 19.8 Å². The van der Waals surface area contributed by atoms with Crippen molar-refractivity contribution in [2.45, 2.75) is 0 Å². The van der Waals surface area contributed by atoms with Gasteiger partial charge in [0.2, 0.25) is 0 Å². The van der Waals surface area contributed by atoms with Crippen LogP contribution in [0.4, 0.5) is 0 Å². The Morgan fingerprint density at radius 1 is 1.00 bits per heavy atom. The van der Waals surface area contributed by atoms with Gasteiger partial charge in [-0.15, -0.1) is 0 Å². The molecule has 0 saturated carbocycles. The van der Waals surface area contributed by atoms with Gasteiger partial charge in [0.05, 0.1) is 11.1 Å². The van der Waals surface area contributed by atoms with E-state index in [4.69, 9.17) is 10.2 Å². The maximum Gasteiger partial charge on any atom is 0.337 e. The molecular weight excluding hydrogens is 234 g/mol. The lowest BCUT2D eigenvalue weighted by atomic mass is 10.0. The number of aromatic nitrogens is 1. The van der Waals surface area contributed by atoms with E-state index in [0.29, 0.717) is 11.1 Å². The number of rotatable bonds is 3. The van der Waals surface area contributed by atoms with Crippen LogP contribution in [0.2, 0.25) is 0 Å². The quantitative estimate of drug-likeness (QED) is 0.862. The van der Waals surface area contributed by atoms with Gasteiger partial charge < -0.3 is 10.2 Å². The third-order valence-electron chi connectivity index (χ3n) is 2.45. The first-order valence-corrected chi connectivity index (χ1v) is 5.10. The van der Waals surface area contributed by atoms with Crippen LogP contribution < -0.4 is 0 Å². The third-order valence-corrected chi connectivity index (χ3v) is 2.45. The second kappa shape index (κ2) is 4.67. The van der Waals surface area contributed by atoms with E-state index < -0.39 is 11.9 Å². The highest BCUT2D eigenvalue weighted by molar-refractivity contribution is 5.97. The van der Waals surface area contributed by atoms with E-state index in [1.807, 2.05) is 0 Å². The van der Waals surface area contributed by atoms with Crippen LogP contribution in [-0.4, -0.2) is 27.1 Å². The molecule has 1 aromatic heterocycles. The summed E-state index contributed by atoms with van der Waals surface area (Å²) in [6.07, 6.45) is 2.66. The van der Waals surface area contributed by atoms with Crippen LogP contribution in [0.3, 0.4) is 0 Å². The molecule has 5 heteroatoms. The zero-order valence-corrected chi connectivity index (χ0v) is 9.20. The minimum Gasteiger partial charge on any atom is -0.478 e. The lowest BCUT2D eigenvalue weighted by molar-refractivity contribution is 0.0687. The Morgan fingerprint density at radius 2 is 1.72 bits per heavy atom. The number of carboxylic acid groups (broad SMARTS) is 2. The Morgan fingerprint density at radius 3 is 2.39 bits per heavy atom. The predicted molar refractivity (Wildman–Crippen MR) is 63.6 cm³/mol. The maximum atomic E-state index is 11.1. The lowest BCUT2D eigenvalue weighted by Crippen LogP contribution is -2.01. The highest BCUT2D eigenvalue weighted by Crippen LogP contribution is 2.23. The Kier molecular flexibility index (Phi) is 3.05. The van der Waals surface area contributed by atoms with Gasteiger partial charge in [0.1, 0.15) is 0 Å². The van der Waals surface area contributed by atoms with Gasteiger partial charge in [-0.2, -0.15) is 0 Å². The van der Waals surface area contributed by atoms with Crippen molar-refractivity contribution in [2.24, 2.45) is 0 Å². The van der Waals surface area contributed by atoms with Crippen LogP contribution in [0, 0.1) is 0 Å². The van der Waals surface area contributed by atoms with Gasteiger partial charge in [0, 0.05) is 18.0 Å². The van der Waals surface area contributed by atoms with E-state index in [1.165, 1.54) is 24.5 Å². The highest BCUT2D eigenvalue weighted by Gasteiger charge is 2.12. The van der Waals surface area contributed by atoms with Crippen molar-refractivity contribution in [3.63, 3.8) is 0 Å². The van der Waals surface area contributed by atoms with Crippen LogP contribution in [0.25, 0.3) is 11.1 Å². The predicted octanol–water partition coefficient (Wildman–Crippen LogP) is 2.14. The summed E-state index contributed by atoms with van der Waals surface area (Å²) >= 11 is 0. The summed E-state index contributed by atoms with van der Waals surface area (Å²) in [7, 11) is 0. The van der Waals surface area contributed by atoms with Gasteiger partial charge in [0.25, 0.3) is 0 Å². The molecule has 0 fully saturated rings. The fourth-order valence-corrected chi connectivity index (χ4v) is 1.63. The van der Waals surface area contributed by atoms with E-state index >= 15 is 0 Å². The first-order chi connectivity index (χ1) is 8.59. The second-order valence-corrected chi connectivity index (χ2v) is 3.62. The lowest BCUT2D eigenvalue weighted by Gasteiger charge is -2.06. The summed E-state index contributed by atoms with van der Waals surface area (Å²) in [5, 5.41) is 17.9. The summed E-state index contributed by atoms with van der Waals surface area (Å²) in [6.45, 7) is 0. The third kappa shape index (κ3) is 2.20. The fourth-order valence-electron chi connectivity index (χ4n) is 1.63. The monoisotopic (exact) mass is 243 g/mol. The van der Waals surface area contributed by atoms with Crippen LogP contribution in [-0.2, 0) is 0 Å². The Hall–Kier alpha value is -2.69. The molecule has 0 aliphatic carbocycles. The number of hydrogen-bond donors (Lipinski definition) is 2.